The average Bonchev–Trinajstić information content (AvgIpc) is 2.71. The largest absolute Gasteiger partial charge is 0.307 e. The quantitative estimate of drug-likeness (QED) is 0.792. The zero-order chi connectivity index (χ0) is 17.2. The zero-order valence-corrected chi connectivity index (χ0v) is 13.3. The highest BCUT2D eigenvalue weighted by Crippen LogP contribution is 2.44. The van der Waals surface area contributed by atoms with Crippen molar-refractivity contribution in [3.8, 4) is 0 Å². The van der Waals surface area contributed by atoms with E-state index < -0.39 is 35.9 Å². The molecule has 0 radical (unpaired) electrons. The molecule has 2 N–H and O–H groups in total. The van der Waals surface area contributed by atoms with Gasteiger partial charge < -0.3 is 4.90 Å². The molecule has 0 atom stereocenters. The van der Waals surface area contributed by atoms with E-state index in [0.29, 0.717) is 6.07 Å². The van der Waals surface area contributed by atoms with Crippen LogP contribution in [0.15, 0.2) is 34.1 Å². The average molecular weight is 357 g/mol. The summed E-state index contributed by atoms with van der Waals surface area (Å²) in [6, 6.07) is 4.87. The summed E-state index contributed by atoms with van der Waals surface area (Å²) in [6.07, 6.45) is 0. The van der Waals surface area contributed by atoms with Crippen LogP contribution in [0.4, 0.5) is 5.69 Å². The van der Waals surface area contributed by atoms with Crippen molar-refractivity contribution < 1.29 is 30.7 Å². The molecular weight excluding hydrogens is 346 g/mol. The standard InChI is InChI=1S/C13H11NO7S2/c1-2-14-12-10(23(19,20)21)6-9(22(16,17)18)7-4-3-5-8(11(7)12)13(14)15/h3-6H,2H2,1H3,(H,16,17,18)(H,19,20,21). The molecule has 0 aromatic heterocycles. The second-order valence-corrected chi connectivity index (χ2v) is 7.73. The Bertz CT molecular complexity index is 1070. The lowest BCUT2D eigenvalue weighted by Gasteiger charge is -2.18. The molecule has 0 saturated carbocycles. The molecule has 0 spiro atoms. The fourth-order valence-corrected chi connectivity index (χ4v) is 4.32. The van der Waals surface area contributed by atoms with Crippen molar-refractivity contribution in [2.45, 2.75) is 16.7 Å². The number of rotatable bonds is 3. The molecule has 0 unspecified atom stereocenters. The van der Waals surface area contributed by atoms with Gasteiger partial charge in [0.05, 0.1) is 5.69 Å². The lowest BCUT2D eigenvalue weighted by molar-refractivity contribution is 0.0994. The van der Waals surface area contributed by atoms with Crippen LogP contribution in [0, 0.1) is 0 Å². The van der Waals surface area contributed by atoms with Crippen LogP contribution in [0.5, 0.6) is 0 Å². The van der Waals surface area contributed by atoms with Gasteiger partial charge in [-0.05, 0) is 19.1 Å². The molecule has 2 aromatic rings. The Morgan fingerprint density at radius 2 is 1.65 bits per heavy atom. The molecule has 3 rings (SSSR count). The second kappa shape index (κ2) is 4.74. The maximum atomic E-state index is 12.4. The molecule has 0 fully saturated rings. The van der Waals surface area contributed by atoms with Crippen molar-refractivity contribution in [1.82, 2.24) is 0 Å². The summed E-state index contributed by atoms with van der Waals surface area (Å²) < 4.78 is 65.3. The SMILES string of the molecule is CCN1C(=O)c2cccc3c(S(=O)(=O)O)cc(S(=O)(=O)O)c1c23. The number of hydrogen-bond acceptors (Lipinski definition) is 5. The molecule has 1 amide bonds. The van der Waals surface area contributed by atoms with Gasteiger partial charge in [-0.15, -0.1) is 0 Å². The van der Waals surface area contributed by atoms with Crippen LogP contribution in [0.1, 0.15) is 17.3 Å². The number of carbonyl (C=O) groups excluding carboxylic acids is 1. The van der Waals surface area contributed by atoms with E-state index >= 15 is 0 Å². The monoisotopic (exact) mass is 357 g/mol. The lowest BCUT2D eigenvalue weighted by atomic mass is 10.1. The van der Waals surface area contributed by atoms with Crippen molar-refractivity contribution >= 4 is 42.6 Å². The molecule has 1 aliphatic rings. The van der Waals surface area contributed by atoms with E-state index in [-0.39, 0.29) is 28.6 Å². The smallest absolute Gasteiger partial charge is 0.296 e. The summed E-state index contributed by atoms with van der Waals surface area (Å²) in [5.74, 6) is -0.509. The summed E-state index contributed by atoms with van der Waals surface area (Å²) in [5.41, 5.74) is 0.0211. The minimum absolute atomic E-state index is 0.0108. The highest BCUT2D eigenvalue weighted by atomic mass is 32.2. The van der Waals surface area contributed by atoms with Gasteiger partial charge in [-0.1, -0.05) is 12.1 Å². The Morgan fingerprint density at radius 1 is 1.04 bits per heavy atom. The second-order valence-electron chi connectivity index (χ2n) is 4.95. The molecule has 2 aromatic carbocycles. The van der Waals surface area contributed by atoms with E-state index in [9.17, 15) is 30.7 Å². The van der Waals surface area contributed by atoms with Gasteiger partial charge in [-0.3, -0.25) is 13.9 Å². The van der Waals surface area contributed by atoms with Gasteiger partial charge in [-0.25, -0.2) is 0 Å². The number of anilines is 1. The fraction of sp³-hybridized carbons (Fsp3) is 0.154. The van der Waals surface area contributed by atoms with Crippen LogP contribution in [-0.2, 0) is 20.2 Å². The van der Waals surface area contributed by atoms with E-state index in [2.05, 4.69) is 0 Å². The van der Waals surface area contributed by atoms with Crippen molar-refractivity contribution in [1.29, 1.82) is 0 Å². The highest BCUT2D eigenvalue weighted by Gasteiger charge is 2.36. The van der Waals surface area contributed by atoms with Crippen LogP contribution in [0.3, 0.4) is 0 Å². The molecular formula is C13H11NO7S2. The summed E-state index contributed by atoms with van der Waals surface area (Å²) >= 11 is 0. The van der Waals surface area contributed by atoms with Gasteiger partial charge in [0.15, 0.2) is 0 Å². The number of amides is 1. The molecule has 0 bridgehead atoms. The van der Waals surface area contributed by atoms with Crippen molar-refractivity contribution in [3.05, 3.63) is 29.8 Å². The highest BCUT2D eigenvalue weighted by molar-refractivity contribution is 7.87. The minimum Gasteiger partial charge on any atom is -0.307 e. The van der Waals surface area contributed by atoms with E-state index in [0.717, 1.165) is 4.90 Å². The van der Waals surface area contributed by atoms with E-state index in [1.165, 1.54) is 18.2 Å². The molecule has 1 aliphatic heterocycles. The predicted molar refractivity (Wildman–Crippen MR) is 80.9 cm³/mol. The van der Waals surface area contributed by atoms with Crippen LogP contribution in [0.25, 0.3) is 10.8 Å². The molecule has 0 saturated heterocycles. The van der Waals surface area contributed by atoms with Crippen LogP contribution in [0.2, 0.25) is 0 Å². The normalized spacial score (nSPS) is 14.7. The van der Waals surface area contributed by atoms with Crippen LogP contribution in [-0.4, -0.2) is 38.4 Å². The Kier molecular flexibility index (Phi) is 3.27. The zero-order valence-electron chi connectivity index (χ0n) is 11.7. The van der Waals surface area contributed by atoms with E-state index in [1.54, 1.807) is 6.92 Å². The van der Waals surface area contributed by atoms with Gasteiger partial charge in [0.2, 0.25) is 0 Å². The first-order chi connectivity index (χ1) is 10.6. The van der Waals surface area contributed by atoms with Gasteiger partial charge in [-0.2, -0.15) is 16.8 Å². The third kappa shape index (κ3) is 2.22. The van der Waals surface area contributed by atoms with Crippen molar-refractivity contribution in [2.75, 3.05) is 11.4 Å². The number of hydrogen-bond donors (Lipinski definition) is 2. The third-order valence-corrected chi connectivity index (χ3v) is 5.44. The van der Waals surface area contributed by atoms with Gasteiger partial charge in [0, 0.05) is 22.9 Å². The van der Waals surface area contributed by atoms with E-state index in [1.807, 2.05) is 0 Å². The molecule has 10 heteroatoms. The molecule has 122 valence electrons. The Balaban J connectivity index is 2.65. The lowest BCUT2D eigenvalue weighted by Crippen LogP contribution is -2.27. The van der Waals surface area contributed by atoms with Crippen molar-refractivity contribution in [2.24, 2.45) is 0 Å². The Hall–Kier alpha value is -2.01. The van der Waals surface area contributed by atoms with Gasteiger partial charge in [0.25, 0.3) is 26.1 Å². The number of carbonyl (C=O) groups is 1. The first kappa shape index (κ1) is 15.9. The minimum atomic E-state index is -4.82. The van der Waals surface area contributed by atoms with Crippen molar-refractivity contribution in [3.63, 3.8) is 0 Å². The van der Waals surface area contributed by atoms with Crippen LogP contribution < -0.4 is 4.90 Å². The molecule has 23 heavy (non-hydrogen) atoms. The van der Waals surface area contributed by atoms with Gasteiger partial charge in [0.1, 0.15) is 9.79 Å². The molecule has 8 nitrogen and oxygen atoms in total. The summed E-state index contributed by atoms with van der Waals surface area (Å²) in [5, 5.41) is 0.0822. The van der Waals surface area contributed by atoms with Crippen LogP contribution >= 0.6 is 0 Å². The summed E-state index contributed by atoms with van der Waals surface area (Å²) in [6.45, 7) is 1.73. The predicted octanol–water partition coefficient (Wildman–Crippen LogP) is 1.31. The topological polar surface area (TPSA) is 129 Å². The summed E-state index contributed by atoms with van der Waals surface area (Å²) in [4.78, 5) is 12.1. The number of nitrogens with zero attached hydrogens (tertiary/aromatic N) is 1. The first-order valence-corrected chi connectivity index (χ1v) is 9.32. The fourth-order valence-electron chi connectivity index (χ4n) is 2.81. The Labute approximate surface area is 131 Å². The number of benzene rings is 2. The summed E-state index contributed by atoms with van der Waals surface area (Å²) in [7, 11) is -9.59. The maximum absolute atomic E-state index is 12.4. The molecule has 0 aliphatic carbocycles. The van der Waals surface area contributed by atoms with Gasteiger partial charge >= 0.3 is 0 Å². The Morgan fingerprint density at radius 3 is 2.17 bits per heavy atom. The molecule has 1 heterocycles. The first-order valence-electron chi connectivity index (χ1n) is 6.44. The van der Waals surface area contributed by atoms with E-state index in [4.69, 9.17) is 0 Å². The third-order valence-electron chi connectivity index (χ3n) is 3.68. The maximum Gasteiger partial charge on any atom is 0.296 e.